The van der Waals surface area contributed by atoms with Gasteiger partial charge in [0.1, 0.15) is 5.01 Å². The molecular weight excluding hydrogens is 248 g/mol. The fourth-order valence-corrected chi connectivity index (χ4v) is 2.48. The number of aryl methyl sites for hydroxylation is 1. The molecule has 18 heavy (non-hydrogen) atoms. The molecule has 2 aromatic heterocycles. The van der Waals surface area contributed by atoms with Gasteiger partial charge in [-0.3, -0.25) is 4.68 Å². The zero-order chi connectivity index (χ0) is 13.0. The highest BCUT2D eigenvalue weighted by atomic mass is 32.1. The van der Waals surface area contributed by atoms with Gasteiger partial charge in [-0.1, -0.05) is 0 Å². The lowest BCUT2D eigenvalue weighted by Crippen LogP contribution is -2.17. The third kappa shape index (κ3) is 3.38. The first-order valence-electron chi connectivity index (χ1n) is 5.96. The smallest absolute Gasteiger partial charge is 0.110 e. The number of aliphatic hydroxyl groups excluding tert-OH is 1. The van der Waals surface area contributed by atoms with Crippen LogP contribution in [0.1, 0.15) is 29.2 Å². The van der Waals surface area contributed by atoms with E-state index >= 15 is 0 Å². The number of aliphatic hydroxyl groups is 1. The Bertz CT molecular complexity index is 494. The highest BCUT2D eigenvalue weighted by Gasteiger charge is 2.09. The summed E-state index contributed by atoms with van der Waals surface area (Å²) < 4.78 is 1.75. The lowest BCUT2D eigenvalue weighted by Gasteiger charge is -2.09. The van der Waals surface area contributed by atoms with Gasteiger partial charge < -0.3 is 10.4 Å². The summed E-state index contributed by atoms with van der Waals surface area (Å²) in [5.41, 5.74) is 2.18. The van der Waals surface area contributed by atoms with Crippen LogP contribution in [0.4, 0.5) is 0 Å². The Kier molecular flexibility index (Phi) is 4.46. The summed E-state index contributed by atoms with van der Waals surface area (Å²) in [5.74, 6) is 0. The standard InChI is InChI=1S/C12H18N4OS/c1-9-8-18-12(15-9)10(2)13-5-11-6-14-16(7-11)3-4-17/h6-8,10,13,17H,3-5H2,1-2H3. The maximum atomic E-state index is 8.81. The van der Waals surface area contributed by atoms with Crippen molar-refractivity contribution in [3.63, 3.8) is 0 Å². The molecule has 1 atom stereocenters. The van der Waals surface area contributed by atoms with Crippen molar-refractivity contribution in [1.29, 1.82) is 0 Å². The molecule has 2 heterocycles. The van der Waals surface area contributed by atoms with Crippen LogP contribution in [0, 0.1) is 6.92 Å². The molecule has 0 radical (unpaired) electrons. The molecule has 5 nitrogen and oxygen atoms in total. The van der Waals surface area contributed by atoms with Crippen molar-refractivity contribution < 1.29 is 5.11 Å². The van der Waals surface area contributed by atoms with Gasteiger partial charge in [-0.2, -0.15) is 5.10 Å². The van der Waals surface area contributed by atoms with Crippen molar-refractivity contribution >= 4 is 11.3 Å². The Morgan fingerprint density at radius 2 is 2.39 bits per heavy atom. The monoisotopic (exact) mass is 266 g/mol. The van der Waals surface area contributed by atoms with Crippen molar-refractivity contribution in [2.75, 3.05) is 6.61 Å². The molecule has 0 saturated heterocycles. The van der Waals surface area contributed by atoms with E-state index in [4.69, 9.17) is 5.11 Å². The maximum Gasteiger partial charge on any atom is 0.110 e. The van der Waals surface area contributed by atoms with Crippen molar-refractivity contribution in [2.45, 2.75) is 33.0 Å². The maximum absolute atomic E-state index is 8.81. The van der Waals surface area contributed by atoms with Crippen molar-refractivity contribution in [2.24, 2.45) is 0 Å². The topological polar surface area (TPSA) is 63.0 Å². The Hall–Kier alpha value is -1.24. The molecule has 0 aliphatic rings. The van der Waals surface area contributed by atoms with Crippen molar-refractivity contribution in [3.8, 4) is 0 Å². The summed E-state index contributed by atoms with van der Waals surface area (Å²) >= 11 is 1.68. The summed E-state index contributed by atoms with van der Waals surface area (Å²) in [5, 5.41) is 19.6. The lowest BCUT2D eigenvalue weighted by atomic mass is 10.3. The van der Waals surface area contributed by atoms with Gasteiger partial charge in [0.25, 0.3) is 0 Å². The van der Waals surface area contributed by atoms with E-state index in [1.165, 1.54) is 0 Å². The van der Waals surface area contributed by atoms with Crippen LogP contribution in [0.25, 0.3) is 0 Å². The number of hydrogen-bond acceptors (Lipinski definition) is 5. The molecule has 2 N–H and O–H groups in total. The fourth-order valence-electron chi connectivity index (χ4n) is 1.65. The molecular formula is C12H18N4OS. The molecule has 2 rings (SSSR count). The minimum absolute atomic E-state index is 0.114. The van der Waals surface area contributed by atoms with Crippen LogP contribution in [-0.2, 0) is 13.1 Å². The van der Waals surface area contributed by atoms with Gasteiger partial charge in [0.15, 0.2) is 0 Å². The second kappa shape index (κ2) is 6.08. The van der Waals surface area contributed by atoms with Crippen LogP contribution in [0.15, 0.2) is 17.8 Å². The zero-order valence-corrected chi connectivity index (χ0v) is 11.4. The molecule has 6 heteroatoms. The average molecular weight is 266 g/mol. The molecule has 0 amide bonds. The Balaban J connectivity index is 1.86. The Morgan fingerprint density at radius 3 is 3.06 bits per heavy atom. The Labute approximate surface area is 110 Å². The van der Waals surface area contributed by atoms with E-state index in [1.807, 2.05) is 19.3 Å². The number of hydrogen-bond donors (Lipinski definition) is 2. The summed E-state index contributed by atoms with van der Waals surface area (Å²) in [7, 11) is 0. The highest BCUT2D eigenvalue weighted by molar-refractivity contribution is 7.09. The molecule has 0 aliphatic carbocycles. The minimum Gasteiger partial charge on any atom is -0.394 e. The Morgan fingerprint density at radius 1 is 1.56 bits per heavy atom. The fraction of sp³-hybridized carbons (Fsp3) is 0.500. The molecule has 0 bridgehead atoms. The van der Waals surface area contributed by atoms with E-state index < -0.39 is 0 Å². The van der Waals surface area contributed by atoms with Crippen LogP contribution >= 0.6 is 11.3 Å². The van der Waals surface area contributed by atoms with Crippen LogP contribution in [0.2, 0.25) is 0 Å². The number of aromatic nitrogens is 3. The van der Waals surface area contributed by atoms with E-state index in [-0.39, 0.29) is 12.6 Å². The average Bonchev–Trinajstić information content (AvgIpc) is 2.96. The van der Waals surface area contributed by atoms with Gasteiger partial charge in [-0.25, -0.2) is 4.98 Å². The minimum atomic E-state index is 0.114. The van der Waals surface area contributed by atoms with Crippen molar-refractivity contribution in [3.05, 3.63) is 34.0 Å². The molecule has 98 valence electrons. The summed E-state index contributed by atoms with van der Waals surface area (Å²) in [4.78, 5) is 4.46. The first-order chi connectivity index (χ1) is 8.69. The predicted molar refractivity (Wildman–Crippen MR) is 71.4 cm³/mol. The molecule has 0 aromatic carbocycles. The third-order valence-electron chi connectivity index (χ3n) is 2.64. The highest BCUT2D eigenvalue weighted by Crippen LogP contribution is 2.17. The summed E-state index contributed by atoms with van der Waals surface area (Å²) in [6.07, 6.45) is 3.77. The van der Waals surface area contributed by atoms with Gasteiger partial charge in [0.2, 0.25) is 0 Å². The van der Waals surface area contributed by atoms with E-state index in [0.717, 1.165) is 22.8 Å². The molecule has 1 unspecified atom stereocenters. The number of rotatable bonds is 6. The number of thiazole rings is 1. The number of nitrogens with one attached hydrogen (secondary N) is 1. The first-order valence-corrected chi connectivity index (χ1v) is 6.84. The first kappa shape index (κ1) is 13.2. The van der Waals surface area contributed by atoms with E-state index in [2.05, 4.69) is 27.7 Å². The van der Waals surface area contributed by atoms with Crippen LogP contribution in [0.5, 0.6) is 0 Å². The van der Waals surface area contributed by atoms with Crippen molar-refractivity contribution in [1.82, 2.24) is 20.1 Å². The molecule has 2 aromatic rings. The zero-order valence-electron chi connectivity index (χ0n) is 10.6. The van der Waals surface area contributed by atoms with E-state index in [0.29, 0.717) is 6.54 Å². The summed E-state index contributed by atoms with van der Waals surface area (Å²) in [6.45, 7) is 5.53. The van der Waals surface area contributed by atoms with Gasteiger partial charge >= 0.3 is 0 Å². The van der Waals surface area contributed by atoms with Gasteiger partial charge in [0, 0.05) is 29.4 Å². The third-order valence-corrected chi connectivity index (χ3v) is 3.78. The van der Waals surface area contributed by atoms with Crippen LogP contribution < -0.4 is 5.32 Å². The second-order valence-electron chi connectivity index (χ2n) is 4.26. The van der Waals surface area contributed by atoms with Crippen LogP contribution in [-0.4, -0.2) is 26.5 Å². The second-order valence-corrected chi connectivity index (χ2v) is 5.15. The number of nitrogens with zero attached hydrogens (tertiary/aromatic N) is 3. The van der Waals surface area contributed by atoms with E-state index in [9.17, 15) is 0 Å². The quantitative estimate of drug-likeness (QED) is 0.831. The summed E-state index contributed by atoms with van der Waals surface area (Å²) in [6, 6.07) is 0.241. The largest absolute Gasteiger partial charge is 0.394 e. The molecule has 0 fully saturated rings. The molecule has 0 saturated carbocycles. The lowest BCUT2D eigenvalue weighted by molar-refractivity contribution is 0.269. The van der Waals surface area contributed by atoms with E-state index in [1.54, 1.807) is 16.0 Å². The molecule has 0 spiro atoms. The molecule has 0 aliphatic heterocycles. The van der Waals surface area contributed by atoms with Gasteiger partial charge in [0.05, 0.1) is 25.4 Å². The van der Waals surface area contributed by atoms with Gasteiger partial charge in [-0.15, -0.1) is 11.3 Å². The normalized spacial score (nSPS) is 12.8. The van der Waals surface area contributed by atoms with Gasteiger partial charge in [-0.05, 0) is 13.8 Å². The SMILES string of the molecule is Cc1csc(C(C)NCc2cnn(CCO)c2)n1. The van der Waals surface area contributed by atoms with Crippen LogP contribution in [0.3, 0.4) is 0 Å². The predicted octanol–water partition coefficient (Wildman–Crippen LogP) is 1.49.